The number of hydrogen-bond donors (Lipinski definition) is 1. The first-order valence-corrected chi connectivity index (χ1v) is 14.9. The fourth-order valence-corrected chi connectivity index (χ4v) is 5.71. The number of halogens is 1. The summed E-state index contributed by atoms with van der Waals surface area (Å²) in [5.74, 6) is -0.839. The van der Waals surface area contributed by atoms with Crippen LogP contribution in [0.5, 0.6) is 11.5 Å². The zero-order valence-electron chi connectivity index (χ0n) is 23.2. The Labute approximate surface area is 239 Å². The third-order valence-electron chi connectivity index (χ3n) is 6.86. The molecular formula is C30H34FN3O6S. The predicted octanol–water partition coefficient (Wildman–Crippen LogP) is 4.12. The number of nitrogens with zero attached hydrogens (tertiary/aromatic N) is 2. The van der Waals surface area contributed by atoms with Gasteiger partial charge in [0.15, 0.2) is 11.5 Å². The van der Waals surface area contributed by atoms with Gasteiger partial charge in [-0.3, -0.25) is 13.9 Å². The summed E-state index contributed by atoms with van der Waals surface area (Å²) in [5, 5.41) is 2.89. The molecule has 3 aromatic rings. The maximum atomic E-state index is 14.0. The monoisotopic (exact) mass is 583 g/mol. The van der Waals surface area contributed by atoms with Crippen molar-refractivity contribution >= 4 is 27.5 Å². The largest absolute Gasteiger partial charge is 0.486 e. The minimum Gasteiger partial charge on any atom is -0.486 e. The third-order valence-corrected chi connectivity index (χ3v) is 8.63. The Hall–Kier alpha value is -4.12. The summed E-state index contributed by atoms with van der Waals surface area (Å²) in [6, 6.07) is 17.1. The van der Waals surface area contributed by atoms with Crippen molar-refractivity contribution in [3.05, 3.63) is 84.2 Å². The van der Waals surface area contributed by atoms with E-state index in [4.69, 9.17) is 9.47 Å². The van der Waals surface area contributed by atoms with Crippen LogP contribution in [0.4, 0.5) is 10.1 Å². The van der Waals surface area contributed by atoms with Gasteiger partial charge in [0.25, 0.3) is 10.0 Å². The summed E-state index contributed by atoms with van der Waals surface area (Å²) in [7, 11) is -4.34. The van der Waals surface area contributed by atoms with Crippen LogP contribution in [0.2, 0.25) is 0 Å². The van der Waals surface area contributed by atoms with Crippen molar-refractivity contribution in [2.75, 3.05) is 24.1 Å². The van der Waals surface area contributed by atoms with Gasteiger partial charge in [-0.1, -0.05) is 37.3 Å². The van der Waals surface area contributed by atoms with Crippen LogP contribution in [0.3, 0.4) is 0 Å². The first-order valence-electron chi connectivity index (χ1n) is 13.4. The van der Waals surface area contributed by atoms with Crippen molar-refractivity contribution in [1.82, 2.24) is 10.2 Å². The smallest absolute Gasteiger partial charge is 0.264 e. The molecule has 218 valence electrons. The van der Waals surface area contributed by atoms with Crippen LogP contribution in [-0.2, 0) is 26.2 Å². The molecule has 0 spiro atoms. The zero-order valence-corrected chi connectivity index (χ0v) is 24.1. The summed E-state index contributed by atoms with van der Waals surface area (Å²) in [5.41, 5.74) is 0.859. The van der Waals surface area contributed by atoms with Gasteiger partial charge in [0, 0.05) is 18.7 Å². The minimum absolute atomic E-state index is 0.0795. The molecule has 0 fully saturated rings. The van der Waals surface area contributed by atoms with Gasteiger partial charge < -0.3 is 19.7 Å². The molecule has 0 bridgehead atoms. The first-order chi connectivity index (χ1) is 19.6. The Bertz CT molecular complexity index is 1470. The SMILES string of the molecule is CC[C@@H](C)NC(=O)[C@@H](C)N(Cc1ccccc1)C(=O)CN(c1ccc(F)cc1)S(=O)(=O)c1ccc2c(c1)OCCO2. The lowest BCUT2D eigenvalue weighted by Gasteiger charge is -2.32. The Balaban J connectivity index is 1.70. The maximum Gasteiger partial charge on any atom is 0.264 e. The molecule has 0 radical (unpaired) electrons. The topological polar surface area (TPSA) is 105 Å². The number of nitrogens with one attached hydrogen (secondary N) is 1. The minimum atomic E-state index is -4.34. The molecule has 41 heavy (non-hydrogen) atoms. The molecule has 0 unspecified atom stereocenters. The van der Waals surface area contributed by atoms with Crippen molar-refractivity contribution in [3.8, 4) is 11.5 Å². The van der Waals surface area contributed by atoms with Crippen LogP contribution >= 0.6 is 0 Å². The molecule has 9 nitrogen and oxygen atoms in total. The number of hydrogen-bond acceptors (Lipinski definition) is 6. The van der Waals surface area contributed by atoms with E-state index in [0.717, 1.165) is 22.0 Å². The van der Waals surface area contributed by atoms with E-state index >= 15 is 0 Å². The van der Waals surface area contributed by atoms with Gasteiger partial charge >= 0.3 is 0 Å². The van der Waals surface area contributed by atoms with Crippen LogP contribution in [0.15, 0.2) is 77.7 Å². The zero-order chi connectivity index (χ0) is 29.6. The number of benzene rings is 3. The lowest BCUT2D eigenvalue weighted by atomic mass is 10.1. The second-order valence-corrected chi connectivity index (χ2v) is 11.7. The second kappa shape index (κ2) is 13.0. The van der Waals surface area contributed by atoms with Gasteiger partial charge in [0.05, 0.1) is 10.6 Å². The third kappa shape index (κ3) is 7.15. The van der Waals surface area contributed by atoms with E-state index in [1.54, 1.807) is 6.92 Å². The Morgan fingerprint density at radius 2 is 1.61 bits per heavy atom. The molecule has 0 aromatic heterocycles. The van der Waals surface area contributed by atoms with E-state index in [1.165, 1.54) is 35.2 Å². The average Bonchev–Trinajstić information content (AvgIpc) is 2.98. The Morgan fingerprint density at radius 1 is 0.951 bits per heavy atom. The van der Waals surface area contributed by atoms with Gasteiger partial charge in [-0.25, -0.2) is 12.8 Å². The number of rotatable bonds is 11. The standard InChI is InChI=1S/C30H34FN3O6S/c1-4-21(2)32-30(36)22(3)33(19-23-8-6-5-7-9-23)29(35)20-34(25-12-10-24(31)11-13-25)41(37,38)26-14-15-27-28(18-26)40-17-16-39-27/h5-15,18,21-22H,4,16-17,19-20H2,1-3H3,(H,32,36)/t21-,22-/m1/s1. The molecule has 2 amide bonds. The van der Waals surface area contributed by atoms with E-state index in [-0.39, 0.29) is 41.4 Å². The number of anilines is 1. The van der Waals surface area contributed by atoms with E-state index in [0.29, 0.717) is 18.8 Å². The van der Waals surface area contributed by atoms with E-state index in [2.05, 4.69) is 5.32 Å². The van der Waals surface area contributed by atoms with Crippen LogP contribution < -0.4 is 19.1 Å². The molecule has 1 heterocycles. The molecule has 2 atom stereocenters. The fourth-order valence-electron chi connectivity index (χ4n) is 4.28. The lowest BCUT2D eigenvalue weighted by Crippen LogP contribution is -2.52. The van der Waals surface area contributed by atoms with Crippen LogP contribution in [-0.4, -0.2) is 57.0 Å². The number of ether oxygens (including phenoxy) is 2. The number of carbonyl (C=O) groups is 2. The van der Waals surface area contributed by atoms with E-state index in [9.17, 15) is 22.4 Å². The Kier molecular flexibility index (Phi) is 9.49. The average molecular weight is 584 g/mol. The summed E-state index contributed by atoms with van der Waals surface area (Å²) in [4.78, 5) is 28.2. The van der Waals surface area contributed by atoms with Crippen LogP contribution in [0.1, 0.15) is 32.8 Å². The summed E-state index contributed by atoms with van der Waals surface area (Å²) in [6.07, 6.45) is 0.706. The highest BCUT2D eigenvalue weighted by atomic mass is 32.2. The number of carbonyl (C=O) groups excluding carboxylic acids is 2. The molecule has 0 aliphatic carbocycles. The number of sulfonamides is 1. The maximum absolute atomic E-state index is 14.0. The van der Waals surface area contributed by atoms with Crippen molar-refractivity contribution in [2.45, 2.75) is 50.7 Å². The van der Waals surface area contributed by atoms with Crippen LogP contribution in [0.25, 0.3) is 0 Å². The number of fused-ring (bicyclic) bond motifs is 1. The van der Waals surface area contributed by atoms with Gasteiger partial charge in [0.2, 0.25) is 11.8 Å². The van der Waals surface area contributed by atoms with Crippen LogP contribution in [0, 0.1) is 5.82 Å². The summed E-state index contributed by atoms with van der Waals surface area (Å²) >= 11 is 0. The molecule has 0 saturated carbocycles. The number of amides is 2. The van der Waals surface area contributed by atoms with E-state index in [1.807, 2.05) is 44.2 Å². The quantitative estimate of drug-likeness (QED) is 0.364. The van der Waals surface area contributed by atoms with Gasteiger partial charge in [-0.15, -0.1) is 0 Å². The lowest BCUT2D eigenvalue weighted by molar-refractivity contribution is -0.139. The molecule has 3 aromatic carbocycles. The van der Waals surface area contributed by atoms with Crippen molar-refractivity contribution < 1.29 is 31.9 Å². The normalized spacial score (nSPS) is 14.0. The fraction of sp³-hybridized carbons (Fsp3) is 0.333. The molecular weight excluding hydrogens is 549 g/mol. The van der Waals surface area contributed by atoms with E-state index < -0.39 is 34.3 Å². The van der Waals surface area contributed by atoms with Crippen molar-refractivity contribution in [2.24, 2.45) is 0 Å². The molecule has 1 aliphatic rings. The molecule has 1 N–H and O–H groups in total. The molecule has 4 rings (SSSR count). The van der Waals surface area contributed by atoms with Gasteiger partial charge in [-0.05, 0) is 62.2 Å². The molecule has 1 aliphatic heterocycles. The summed E-state index contributed by atoms with van der Waals surface area (Å²) in [6.45, 7) is 5.47. The van der Waals surface area contributed by atoms with Gasteiger partial charge in [-0.2, -0.15) is 0 Å². The summed E-state index contributed by atoms with van der Waals surface area (Å²) < 4.78 is 53.8. The van der Waals surface area contributed by atoms with Gasteiger partial charge in [0.1, 0.15) is 31.6 Å². The highest BCUT2D eigenvalue weighted by molar-refractivity contribution is 7.92. The van der Waals surface area contributed by atoms with Crippen molar-refractivity contribution in [3.63, 3.8) is 0 Å². The Morgan fingerprint density at radius 3 is 2.27 bits per heavy atom. The first kappa shape index (κ1) is 29.9. The second-order valence-electron chi connectivity index (χ2n) is 9.79. The van der Waals surface area contributed by atoms with Crippen molar-refractivity contribution in [1.29, 1.82) is 0 Å². The predicted molar refractivity (Wildman–Crippen MR) is 153 cm³/mol. The highest BCUT2D eigenvalue weighted by Gasteiger charge is 2.33. The molecule has 11 heteroatoms. The molecule has 0 saturated heterocycles. The highest BCUT2D eigenvalue weighted by Crippen LogP contribution is 2.34.